The van der Waals surface area contributed by atoms with E-state index in [4.69, 9.17) is 0 Å². The third-order valence-electron chi connectivity index (χ3n) is 9.35. The maximum Gasteiger partial charge on any atom is 0.309 e. The highest BCUT2D eigenvalue weighted by Crippen LogP contribution is 2.28. The number of pyridine rings is 1. The number of anilines is 1. The number of carboxylic acids is 2. The van der Waals surface area contributed by atoms with Crippen molar-refractivity contribution in [2.45, 2.75) is 105 Å². The fourth-order valence-electron chi connectivity index (χ4n) is 5.84. The summed E-state index contributed by atoms with van der Waals surface area (Å²) in [5.41, 5.74) is 1.80. The molecule has 8 nitrogen and oxygen atoms in total. The van der Waals surface area contributed by atoms with Crippen LogP contribution in [0.2, 0.25) is 0 Å². The molecule has 1 saturated heterocycles. The van der Waals surface area contributed by atoms with Crippen molar-refractivity contribution >= 4 is 29.2 Å². The summed E-state index contributed by atoms with van der Waals surface area (Å²) in [6, 6.07) is 14.0. The minimum atomic E-state index is -0.739. The first-order valence-corrected chi connectivity index (χ1v) is 17.1. The molecule has 0 spiro atoms. The first-order chi connectivity index (χ1) is 21.9. The van der Waals surface area contributed by atoms with Crippen LogP contribution in [0.3, 0.4) is 0 Å². The zero-order valence-electron chi connectivity index (χ0n) is 28.5. The van der Waals surface area contributed by atoms with Gasteiger partial charge < -0.3 is 20.0 Å². The second kappa shape index (κ2) is 17.9. The van der Waals surface area contributed by atoms with E-state index < -0.39 is 22.8 Å². The third-order valence-corrected chi connectivity index (χ3v) is 9.35. The Labute approximate surface area is 275 Å². The highest BCUT2D eigenvalue weighted by Gasteiger charge is 2.27. The minimum Gasteiger partial charge on any atom is -0.481 e. The van der Waals surface area contributed by atoms with E-state index in [2.05, 4.69) is 28.1 Å². The minimum absolute atomic E-state index is 0.0631. The van der Waals surface area contributed by atoms with E-state index >= 15 is 0 Å². The molecule has 1 fully saturated rings. The number of unbranched alkanes of at least 4 members (excludes halogenated alkanes) is 7. The monoisotopic (exact) mass is 633 g/mol. The van der Waals surface area contributed by atoms with Crippen LogP contribution < -0.4 is 4.90 Å². The van der Waals surface area contributed by atoms with Crippen LogP contribution in [0.4, 0.5) is 5.82 Å². The molecule has 46 heavy (non-hydrogen) atoms. The molecule has 1 aliphatic heterocycles. The number of amides is 1. The second-order valence-electron chi connectivity index (χ2n) is 14.0. The lowest BCUT2D eigenvalue weighted by Crippen LogP contribution is -2.49. The van der Waals surface area contributed by atoms with Gasteiger partial charge in [-0.15, -0.1) is 0 Å². The van der Waals surface area contributed by atoms with Crippen molar-refractivity contribution in [1.82, 2.24) is 9.88 Å². The van der Waals surface area contributed by atoms with Gasteiger partial charge in [0.05, 0.1) is 10.8 Å². The van der Waals surface area contributed by atoms with Gasteiger partial charge >= 0.3 is 11.9 Å². The van der Waals surface area contributed by atoms with Gasteiger partial charge in [0.2, 0.25) is 0 Å². The van der Waals surface area contributed by atoms with Gasteiger partial charge in [-0.2, -0.15) is 0 Å². The molecule has 1 aromatic carbocycles. The van der Waals surface area contributed by atoms with E-state index in [1.165, 1.54) is 5.57 Å². The molecule has 3 rings (SSSR count). The second-order valence-corrected chi connectivity index (χ2v) is 14.0. The van der Waals surface area contributed by atoms with Gasteiger partial charge in [-0.3, -0.25) is 14.4 Å². The van der Waals surface area contributed by atoms with Gasteiger partial charge in [0, 0.05) is 37.9 Å². The van der Waals surface area contributed by atoms with Gasteiger partial charge in [-0.25, -0.2) is 4.98 Å². The lowest BCUT2D eigenvalue weighted by Gasteiger charge is -2.35. The van der Waals surface area contributed by atoms with Crippen molar-refractivity contribution in [2.75, 3.05) is 31.1 Å². The zero-order valence-corrected chi connectivity index (χ0v) is 28.5. The summed E-state index contributed by atoms with van der Waals surface area (Å²) >= 11 is 0. The topological polar surface area (TPSA) is 111 Å². The molecule has 252 valence electrons. The van der Waals surface area contributed by atoms with E-state index in [1.807, 2.05) is 35.2 Å². The number of carbonyl (C=O) groups is 3. The molecular weight excluding hydrogens is 578 g/mol. The molecule has 1 aromatic heterocycles. The van der Waals surface area contributed by atoms with Crippen molar-refractivity contribution in [2.24, 2.45) is 10.8 Å². The number of benzene rings is 1. The van der Waals surface area contributed by atoms with Gasteiger partial charge in [-0.1, -0.05) is 62.8 Å². The zero-order chi connectivity index (χ0) is 33.6. The molecule has 2 heterocycles. The van der Waals surface area contributed by atoms with Gasteiger partial charge in [-0.05, 0) is 102 Å². The molecular formula is C38H55N3O5. The number of allylic oxidation sites excluding steroid dienone is 2. The third kappa shape index (κ3) is 11.6. The largest absolute Gasteiger partial charge is 0.481 e. The van der Waals surface area contributed by atoms with E-state index in [1.54, 1.807) is 33.9 Å². The Bertz CT molecular complexity index is 1280. The number of nitrogens with zero attached hydrogens (tertiary/aromatic N) is 3. The number of hydrogen-bond donors (Lipinski definition) is 2. The van der Waals surface area contributed by atoms with Gasteiger partial charge in [0.25, 0.3) is 5.91 Å². The lowest BCUT2D eigenvalue weighted by molar-refractivity contribution is -0.148. The van der Waals surface area contributed by atoms with Crippen molar-refractivity contribution < 1.29 is 24.6 Å². The van der Waals surface area contributed by atoms with Crippen molar-refractivity contribution in [1.29, 1.82) is 0 Å². The summed E-state index contributed by atoms with van der Waals surface area (Å²) in [6.07, 6.45) is 15.5. The smallest absolute Gasteiger partial charge is 0.309 e. The Kier molecular flexibility index (Phi) is 14.3. The molecule has 0 bridgehead atoms. The normalized spacial score (nSPS) is 14.4. The Hall–Kier alpha value is -3.68. The fourth-order valence-corrected chi connectivity index (χ4v) is 5.84. The van der Waals surface area contributed by atoms with Crippen LogP contribution >= 0.6 is 0 Å². The summed E-state index contributed by atoms with van der Waals surface area (Å²) in [5, 5.41) is 18.7. The van der Waals surface area contributed by atoms with E-state index in [-0.39, 0.29) is 5.91 Å². The van der Waals surface area contributed by atoms with Crippen LogP contribution in [-0.2, 0) is 9.59 Å². The van der Waals surface area contributed by atoms with Crippen LogP contribution in [-0.4, -0.2) is 64.1 Å². The standard InChI is InChI=1S/C38H55N3O5/c1-37(2,35(43)44)23-13-8-5-6-10-16-30(17-11-7-9-14-24-38(3,4)36(45)46)31-19-21-32(22-20-31)34(42)41-28-26-40(27-29-41)33-18-12-15-25-39-33/h12,15-16,18-22,25H,5-11,13-14,17,23-24,26-29H2,1-4H3,(H,43,44)(H,45,46)/b30-16+. The molecule has 1 aliphatic rings. The summed E-state index contributed by atoms with van der Waals surface area (Å²) < 4.78 is 0. The average molecular weight is 634 g/mol. The summed E-state index contributed by atoms with van der Waals surface area (Å²) in [7, 11) is 0. The summed E-state index contributed by atoms with van der Waals surface area (Å²) in [4.78, 5) is 44.7. The molecule has 2 N–H and O–H groups in total. The Morgan fingerprint density at radius 3 is 1.80 bits per heavy atom. The van der Waals surface area contributed by atoms with Crippen molar-refractivity contribution in [3.8, 4) is 0 Å². The molecule has 0 radical (unpaired) electrons. The van der Waals surface area contributed by atoms with E-state index in [0.717, 1.165) is 88.7 Å². The number of carbonyl (C=O) groups excluding carboxylic acids is 1. The molecule has 2 aromatic rings. The van der Waals surface area contributed by atoms with Gasteiger partial charge in [0.15, 0.2) is 0 Å². The molecule has 8 heteroatoms. The predicted molar refractivity (Wildman–Crippen MR) is 185 cm³/mol. The van der Waals surface area contributed by atoms with Crippen molar-refractivity contribution in [3.63, 3.8) is 0 Å². The molecule has 0 atom stereocenters. The van der Waals surface area contributed by atoms with Crippen LogP contribution in [0.1, 0.15) is 121 Å². The Balaban J connectivity index is 1.54. The maximum atomic E-state index is 13.3. The molecule has 0 aliphatic carbocycles. The Morgan fingerprint density at radius 2 is 1.26 bits per heavy atom. The molecule has 1 amide bonds. The molecule has 0 saturated carbocycles. The average Bonchev–Trinajstić information content (AvgIpc) is 3.05. The highest BCUT2D eigenvalue weighted by molar-refractivity contribution is 5.94. The summed E-state index contributed by atoms with van der Waals surface area (Å²) in [5.74, 6) is -0.462. The quantitative estimate of drug-likeness (QED) is 0.150. The molecule has 0 unspecified atom stereocenters. The SMILES string of the molecule is CC(C)(CCCCCC/C=C(\CCCCCCC(C)(C)C(=O)O)c1ccc(C(=O)N2CCN(c3ccccn3)CC2)cc1)C(=O)O. The van der Waals surface area contributed by atoms with Crippen LogP contribution in [0.25, 0.3) is 5.57 Å². The van der Waals surface area contributed by atoms with Crippen LogP contribution in [0.5, 0.6) is 0 Å². The van der Waals surface area contributed by atoms with Gasteiger partial charge in [0.1, 0.15) is 5.82 Å². The number of aliphatic carboxylic acids is 2. The van der Waals surface area contributed by atoms with Crippen LogP contribution in [0.15, 0.2) is 54.7 Å². The number of aromatic nitrogens is 1. The van der Waals surface area contributed by atoms with E-state index in [9.17, 15) is 24.6 Å². The predicted octanol–water partition coefficient (Wildman–Crippen LogP) is 8.33. The lowest BCUT2D eigenvalue weighted by atomic mass is 9.87. The van der Waals surface area contributed by atoms with Crippen LogP contribution in [0, 0.1) is 10.8 Å². The number of rotatable bonds is 19. The summed E-state index contributed by atoms with van der Waals surface area (Å²) in [6.45, 7) is 10.0. The highest BCUT2D eigenvalue weighted by atomic mass is 16.4. The van der Waals surface area contributed by atoms with Crippen molar-refractivity contribution in [3.05, 3.63) is 65.9 Å². The first-order valence-electron chi connectivity index (χ1n) is 17.1. The fraction of sp³-hybridized carbons (Fsp3) is 0.579. The first kappa shape index (κ1) is 36.8. The number of piperazine rings is 1. The maximum absolute atomic E-state index is 13.3. The Morgan fingerprint density at radius 1 is 0.717 bits per heavy atom. The van der Waals surface area contributed by atoms with E-state index in [0.29, 0.717) is 31.5 Å². The number of hydrogen-bond acceptors (Lipinski definition) is 5. The number of carboxylic acid groups (broad SMARTS) is 2.